The van der Waals surface area contributed by atoms with Crippen LogP contribution in [0.5, 0.6) is 0 Å². The zero-order valence-corrected chi connectivity index (χ0v) is 28.3. The van der Waals surface area contributed by atoms with E-state index in [4.69, 9.17) is 8.83 Å². The Morgan fingerprint density at radius 3 is 1.14 bits per heavy atom. The highest BCUT2D eigenvalue weighted by Crippen LogP contribution is 2.46. The maximum Gasteiger partial charge on any atom is 0.251 e. The maximum absolute atomic E-state index is 13.6. The van der Waals surface area contributed by atoms with Gasteiger partial charge >= 0.3 is 0 Å². The van der Waals surface area contributed by atoms with E-state index in [-0.39, 0.29) is 33.5 Å². The Hall–Kier alpha value is -3.80. The van der Waals surface area contributed by atoms with Gasteiger partial charge in [-0.15, -0.1) is 0 Å². The monoisotopic (exact) mass is 594 g/mol. The molecular weight excluding hydrogens is 548 g/mol. The van der Waals surface area contributed by atoms with Gasteiger partial charge in [-0.3, -0.25) is 9.59 Å². The van der Waals surface area contributed by atoms with Crippen LogP contribution < -0.4 is 10.6 Å². The summed E-state index contributed by atoms with van der Waals surface area (Å²) in [5, 5.41) is 8.05. The number of nitrogens with one attached hydrogen (secondary N) is 2. The lowest BCUT2D eigenvalue weighted by molar-refractivity contribution is -0.118. The average Bonchev–Trinajstić information content (AvgIpc) is 3.63. The van der Waals surface area contributed by atoms with Crippen molar-refractivity contribution < 1.29 is 18.4 Å². The van der Waals surface area contributed by atoms with Gasteiger partial charge in [0.05, 0.1) is 11.1 Å². The second-order valence-corrected chi connectivity index (χ2v) is 16.8. The number of benzene rings is 2. The number of hydrogen-bond acceptors (Lipinski definition) is 4. The molecule has 2 unspecified atom stereocenters. The van der Waals surface area contributed by atoms with Crippen LogP contribution in [0.15, 0.2) is 56.4 Å². The lowest BCUT2D eigenvalue weighted by Crippen LogP contribution is -2.33. The first-order valence-corrected chi connectivity index (χ1v) is 15.7. The first kappa shape index (κ1) is 30.2. The Bertz CT molecular complexity index is 1750. The van der Waals surface area contributed by atoms with Crippen molar-refractivity contribution in [2.24, 2.45) is 0 Å². The summed E-state index contributed by atoms with van der Waals surface area (Å²) in [5.41, 5.74) is 6.61. The normalized spacial score (nSPS) is 19.7. The molecule has 4 heterocycles. The van der Waals surface area contributed by atoms with Crippen LogP contribution >= 0.6 is 0 Å². The smallest absolute Gasteiger partial charge is 0.251 e. The molecule has 0 spiro atoms. The third-order valence-corrected chi connectivity index (χ3v) is 9.10. The first-order valence-electron chi connectivity index (χ1n) is 15.7. The molecule has 2 atom stereocenters. The number of furan rings is 2. The molecule has 0 saturated carbocycles. The van der Waals surface area contributed by atoms with Gasteiger partial charge in [0.2, 0.25) is 0 Å². The van der Waals surface area contributed by atoms with Gasteiger partial charge in [0.25, 0.3) is 11.8 Å². The summed E-state index contributed by atoms with van der Waals surface area (Å²) < 4.78 is 13.0. The number of carbonyl (C=O) groups excluding carboxylic acids is 2. The summed E-state index contributed by atoms with van der Waals surface area (Å²) >= 11 is 0. The zero-order valence-electron chi connectivity index (χ0n) is 28.3. The molecule has 2 aliphatic rings. The predicted octanol–water partition coefficient (Wildman–Crippen LogP) is 8.71. The van der Waals surface area contributed by atoms with Gasteiger partial charge in [0.1, 0.15) is 34.8 Å². The highest BCUT2D eigenvalue weighted by molar-refractivity contribution is 6.14. The van der Waals surface area contributed by atoms with Crippen molar-refractivity contribution >= 4 is 33.8 Å². The third-order valence-electron chi connectivity index (χ3n) is 9.10. The van der Waals surface area contributed by atoms with Gasteiger partial charge in [0.15, 0.2) is 0 Å². The molecule has 232 valence electrons. The molecule has 6 heteroatoms. The summed E-state index contributed by atoms with van der Waals surface area (Å²) in [6, 6.07) is 11.4. The molecule has 0 radical (unpaired) electrons. The van der Waals surface area contributed by atoms with Crippen LogP contribution in [0, 0.1) is 0 Å². The minimum absolute atomic E-state index is 0.0471. The molecule has 6 nitrogen and oxygen atoms in total. The number of rotatable bonds is 2. The van der Waals surface area contributed by atoms with E-state index >= 15 is 0 Å². The van der Waals surface area contributed by atoms with Crippen LogP contribution in [0.1, 0.15) is 129 Å². The van der Waals surface area contributed by atoms with E-state index in [1.807, 2.05) is 12.1 Å². The van der Waals surface area contributed by atoms with Gasteiger partial charge in [0, 0.05) is 21.9 Å². The fourth-order valence-corrected chi connectivity index (χ4v) is 6.42. The molecule has 0 saturated heterocycles. The molecule has 6 rings (SSSR count). The number of fused-ring (bicyclic) bond motifs is 2. The standard InChI is InChI=1S/C38H46N2O4/c1-35(2,3)21-13-19-15-25(43-31(19)23(17-21)37(7,8)9)29-27-28(34(42)39-29)30(40-33(27)41)26-16-20-14-22(36(4,5)6)18-24(32(20)44-26)38(10,11)12/h13-18,29-30H,1-12H3,(H,39,42)(H,40,41). The first-order chi connectivity index (χ1) is 20.1. The second-order valence-electron chi connectivity index (χ2n) is 16.8. The molecule has 2 aromatic carbocycles. The van der Waals surface area contributed by atoms with Crippen molar-refractivity contribution in [3.63, 3.8) is 0 Å². The summed E-state index contributed by atoms with van der Waals surface area (Å²) in [6.45, 7) is 26.2. The van der Waals surface area contributed by atoms with Crippen LogP contribution in [-0.2, 0) is 31.2 Å². The molecule has 0 aliphatic carbocycles. The van der Waals surface area contributed by atoms with E-state index in [1.54, 1.807) is 0 Å². The van der Waals surface area contributed by atoms with Gasteiger partial charge < -0.3 is 19.5 Å². The minimum atomic E-state index is -0.678. The quantitative estimate of drug-likeness (QED) is 0.243. The molecule has 0 bridgehead atoms. The van der Waals surface area contributed by atoms with Gasteiger partial charge in [-0.2, -0.15) is 0 Å². The topological polar surface area (TPSA) is 84.5 Å². The number of hydrogen-bond donors (Lipinski definition) is 2. The molecule has 0 fully saturated rings. The Morgan fingerprint density at radius 2 is 0.841 bits per heavy atom. The molecule has 4 aromatic rings. The highest BCUT2D eigenvalue weighted by Gasteiger charge is 2.48. The summed E-state index contributed by atoms with van der Waals surface area (Å²) in [5.74, 6) is 0.541. The van der Waals surface area contributed by atoms with Gasteiger partial charge in [-0.05, 0) is 57.1 Å². The van der Waals surface area contributed by atoms with E-state index < -0.39 is 12.1 Å². The van der Waals surface area contributed by atoms with Crippen molar-refractivity contribution in [2.75, 3.05) is 0 Å². The van der Waals surface area contributed by atoms with Crippen LogP contribution in [-0.4, -0.2) is 11.8 Å². The highest BCUT2D eigenvalue weighted by atomic mass is 16.3. The largest absolute Gasteiger partial charge is 0.458 e. The fraction of sp³-hybridized carbons (Fsp3) is 0.474. The Balaban J connectivity index is 1.47. The molecule has 2 aromatic heterocycles. The van der Waals surface area contributed by atoms with E-state index in [0.29, 0.717) is 22.7 Å². The molecule has 2 amide bonds. The van der Waals surface area contributed by atoms with Crippen LogP contribution in [0.3, 0.4) is 0 Å². The van der Waals surface area contributed by atoms with Gasteiger partial charge in [-0.1, -0.05) is 95.2 Å². The van der Waals surface area contributed by atoms with E-state index in [9.17, 15) is 9.59 Å². The van der Waals surface area contributed by atoms with E-state index in [2.05, 4.69) is 118 Å². The third kappa shape index (κ3) is 4.87. The fourth-order valence-electron chi connectivity index (χ4n) is 6.42. The van der Waals surface area contributed by atoms with Crippen LogP contribution in [0.4, 0.5) is 0 Å². The number of carbonyl (C=O) groups is 2. The van der Waals surface area contributed by atoms with Crippen molar-refractivity contribution in [2.45, 2.75) is 117 Å². The minimum Gasteiger partial charge on any atom is -0.458 e. The van der Waals surface area contributed by atoms with Crippen molar-refractivity contribution in [3.05, 3.63) is 81.3 Å². The van der Waals surface area contributed by atoms with Crippen LogP contribution in [0.2, 0.25) is 0 Å². The van der Waals surface area contributed by atoms with E-state index in [1.165, 1.54) is 11.1 Å². The zero-order chi connectivity index (χ0) is 32.3. The lowest BCUT2D eigenvalue weighted by Gasteiger charge is -2.25. The number of amides is 2. The van der Waals surface area contributed by atoms with Crippen molar-refractivity contribution in [3.8, 4) is 0 Å². The summed E-state index contributed by atoms with van der Waals surface area (Å²) in [6.07, 6.45) is 0. The molecule has 2 aliphatic heterocycles. The van der Waals surface area contributed by atoms with E-state index in [0.717, 1.165) is 33.1 Å². The Morgan fingerprint density at radius 1 is 0.500 bits per heavy atom. The van der Waals surface area contributed by atoms with Gasteiger partial charge in [-0.25, -0.2) is 0 Å². The molecular formula is C38H46N2O4. The average molecular weight is 595 g/mol. The summed E-state index contributed by atoms with van der Waals surface area (Å²) in [7, 11) is 0. The van der Waals surface area contributed by atoms with Crippen molar-refractivity contribution in [1.29, 1.82) is 0 Å². The Kier molecular flexibility index (Phi) is 6.43. The molecule has 44 heavy (non-hydrogen) atoms. The van der Waals surface area contributed by atoms with Crippen molar-refractivity contribution in [1.82, 2.24) is 10.6 Å². The predicted molar refractivity (Wildman–Crippen MR) is 176 cm³/mol. The summed E-state index contributed by atoms with van der Waals surface area (Å²) in [4.78, 5) is 27.2. The lowest BCUT2D eigenvalue weighted by atomic mass is 9.80. The second kappa shape index (κ2) is 9.35. The SMILES string of the molecule is CC(C)(C)c1cc(C(C)(C)C)c2oc(C3NC(=O)C4=C3C(=O)NC4c3cc4cc(C(C)(C)C)cc(C(C)(C)C)c4o3)cc2c1. The Labute approximate surface area is 260 Å². The maximum atomic E-state index is 13.6. The molecule has 2 N–H and O–H groups in total. The van der Waals surface area contributed by atoms with Crippen LogP contribution in [0.25, 0.3) is 21.9 Å².